The molecule has 0 saturated heterocycles. The fourth-order valence-corrected chi connectivity index (χ4v) is 7.79. The monoisotopic (exact) mass is 607 g/mol. The van der Waals surface area contributed by atoms with Crippen molar-refractivity contribution < 1.29 is 34.8 Å². The molecule has 0 spiro atoms. The van der Waals surface area contributed by atoms with E-state index >= 15 is 0 Å². The molecule has 11 heteroatoms. The number of aliphatic hydroxyl groups excluding tert-OH is 2. The predicted octanol–water partition coefficient (Wildman–Crippen LogP) is 2.72. The molecule has 1 aliphatic heterocycles. The van der Waals surface area contributed by atoms with Crippen molar-refractivity contribution in [2.75, 3.05) is 20.1 Å². The minimum Gasteiger partial charge on any atom is -0.510 e. The Kier molecular flexibility index (Phi) is 7.16. The van der Waals surface area contributed by atoms with Gasteiger partial charge in [0.2, 0.25) is 5.78 Å². The molecule has 1 amide bonds. The third-order valence-corrected chi connectivity index (χ3v) is 10.2. The van der Waals surface area contributed by atoms with Crippen LogP contribution in [0.4, 0.5) is 0 Å². The Bertz CT molecular complexity index is 1650. The van der Waals surface area contributed by atoms with E-state index in [2.05, 4.69) is 17.0 Å². The zero-order chi connectivity index (χ0) is 31.0. The average Bonchev–Trinajstić information content (AvgIpc) is 2.97. The maximum absolute atomic E-state index is 13.9. The number of amides is 1. The molecule has 226 valence electrons. The number of hydrogen-bond acceptors (Lipinski definition) is 9. The number of nitrogens with zero attached hydrogens (tertiary/aromatic N) is 2. The van der Waals surface area contributed by atoms with Crippen LogP contribution in [0.25, 0.3) is 0 Å². The number of aromatic hydroxyl groups is 1. The molecule has 6 N–H and O–H groups in total. The Morgan fingerprint density at radius 1 is 1.19 bits per heavy atom. The molecular weight excluding hydrogens is 574 g/mol. The molecule has 4 atom stereocenters. The summed E-state index contributed by atoms with van der Waals surface area (Å²) in [7, 11) is 1.65. The second-order valence-electron chi connectivity index (χ2n) is 12.0. The number of ketones is 2. The summed E-state index contributed by atoms with van der Waals surface area (Å²) in [4.78, 5) is 43.5. The molecule has 1 heterocycles. The lowest BCUT2D eigenvalue weighted by Crippen LogP contribution is -2.64. The van der Waals surface area contributed by atoms with Gasteiger partial charge in [-0.3, -0.25) is 24.2 Å². The predicted molar refractivity (Wildman–Crippen MR) is 158 cm³/mol. The van der Waals surface area contributed by atoms with Crippen LogP contribution in [0.1, 0.15) is 46.0 Å². The number of likely N-dealkylation sites (N-methyl/N-ethyl adjacent to an activating group) is 1. The Balaban J connectivity index is 1.41. The molecule has 0 bridgehead atoms. The standard InChI is InChI=1S/C32H34ClN3O7/c1-3-35(2)26-20-11-17-10-19-23(27(38)22(17)29(40)32(20,43)30(41)24(28(26)39)31(34)42)21(37)12-18(25(19)33)14-36-9-8-15-6-4-5-7-16(15)13-36/h4-7,12,17,20,26,37,39-40,43H,3,8-11,13-14H2,1-2H3,(H2,34,42)/t17-,20-,26?,32-/m0/s1. The van der Waals surface area contributed by atoms with E-state index < -0.39 is 58.0 Å². The zero-order valence-corrected chi connectivity index (χ0v) is 24.7. The lowest BCUT2D eigenvalue weighted by Gasteiger charge is -2.50. The average molecular weight is 608 g/mol. The first-order valence-corrected chi connectivity index (χ1v) is 14.8. The van der Waals surface area contributed by atoms with Gasteiger partial charge >= 0.3 is 0 Å². The summed E-state index contributed by atoms with van der Waals surface area (Å²) in [6, 6.07) is 8.67. The summed E-state index contributed by atoms with van der Waals surface area (Å²) in [5.41, 5.74) is 5.27. The topological polar surface area (TPSA) is 165 Å². The molecule has 2 aromatic carbocycles. The Labute approximate surface area is 253 Å². The van der Waals surface area contributed by atoms with E-state index in [1.165, 1.54) is 17.2 Å². The van der Waals surface area contributed by atoms with Crippen LogP contribution >= 0.6 is 11.6 Å². The van der Waals surface area contributed by atoms with Crippen LogP contribution in [0.2, 0.25) is 5.02 Å². The highest BCUT2D eigenvalue weighted by atomic mass is 35.5. The van der Waals surface area contributed by atoms with Gasteiger partial charge in [-0.05, 0) is 67.1 Å². The fourth-order valence-electron chi connectivity index (χ4n) is 7.51. The Morgan fingerprint density at radius 3 is 2.56 bits per heavy atom. The Hall–Kier alpha value is -3.70. The third-order valence-electron chi connectivity index (χ3n) is 9.75. The number of phenolic OH excluding ortho intramolecular Hbond substituents is 1. The lowest BCUT2D eigenvalue weighted by molar-refractivity contribution is -0.148. The molecule has 3 aliphatic carbocycles. The second kappa shape index (κ2) is 10.5. The Morgan fingerprint density at radius 2 is 1.88 bits per heavy atom. The van der Waals surface area contributed by atoms with Crippen molar-refractivity contribution in [1.82, 2.24) is 9.80 Å². The molecule has 43 heavy (non-hydrogen) atoms. The first-order valence-electron chi connectivity index (χ1n) is 14.4. The minimum atomic E-state index is -2.67. The largest absolute Gasteiger partial charge is 0.510 e. The molecule has 10 nitrogen and oxygen atoms in total. The van der Waals surface area contributed by atoms with E-state index in [9.17, 15) is 34.8 Å². The number of hydrogen-bond donors (Lipinski definition) is 5. The van der Waals surface area contributed by atoms with E-state index in [-0.39, 0.29) is 29.7 Å². The normalized spacial score (nSPS) is 27.1. The number of halogens is 1. The van der Waals surface area contributed by atoms with Crippen LogP contribution in [0, 0.1) is 11.8 Å². The summed E-state index contributed by atoms with van der Waals surface area (Å²) in [6.07, 6.45) is 1.05. The van der Waals surface area contributed by atoms with Crippen molar-refractivity contribution >= 4 is 29.1 Å². The van der Waals surface area contributed by atoms with Crippen molar-refractivity contribution in [1.29, 1.82) is 0 Å². The summed E-state index contributed by atoms with van der Waals surface area (Å²) in [5, 5.41) is 45.8. The van der Waals surface area contributed by atoms with Crippen molar-refractivity contribution in [3.05, 3.63) is 85.8 Å². The van der Waals surface area contributed by atoms with Crippen LogP contribution in [-0.4, -0.2) is 79.5 Å². The van der Waals surface area contributed by atoms with E-state index in [0.717, 1.165) is 19.5 Å². The number of benzene rings is 2. The lowest BCUT2D eigenvalue weighted by atomic mass is 9.58. The summed E-state index contributed by atoms with van der Waals surface area (Å²) in [5.74, 6) is -6.80. The maximum atomic E-state index is 13.9. The van der Waals surface area contributed by atoms with Gasteiger partial charge in [-0.25, -0.2) is 0 Å². The number of carbonyl (C=O) groups is 3. The number of Topliss-reactive ketones (excluding diaryl/α,β-unsaturated/α-hetero) is 2. The van der Waals surface area contributed by atoms with Crippen LogP contribution in [-0.2, 0) is 35.5 Å². The molecule has 0 fully saturated rings. The van der Waals surface area contributed by atoms with E-state index in [1.54, 1.807) is 18.9 Å². The molecule has 1 unspecified atom stereocenters. The van der Waals surface area contributed by atoms with Crippen LogP contribution < -0.4 is 5.73 Å². The van der Waals surface area contributed by atoms with Crippen molar-refractivity contribution in [2.24, 2.45) is 17.6 Å². The smallest absolute Gasteiger partial charge is 0.255 e. The number of carbonyl (C=O) groups excluding carboxylic acids is 3. The van der Waals surface area contributed by atoms with Gasteiger partial charge in [0, 0.05) is 36.1 Å². The summed E-state index contributed by atoms with van der Waals surface area (Å²) >= 11 is 6.94. The van der Waals surface area contributed by atoms with E-state index in [0.29, 0.717) is 29.2 Å². The first kappa shape index (κ1) is 29.4. The third kappa shape index (κ3) is 4.30. The van der Waals surface area contributed by atoms with Gasteiger partial charge in [-0.2, -0.15) is 0 Å². The molecule has 4 aliphatic rings. The van der Waals surface area contributed by atoms with Gasteiger partial charge in [0.1, 0.15) is 22.8 Å². The molecular formula is C32H34ClN3O7. The number of aliphatic hydroxyl groups is 3. The zero-order valence-electron chi connectivity index (χ0n) is 23.9. The highest BCUT2D eigenvalue weighted by molar-refractivity contribution is 6.33. The molecule has 0 aromatic heterocycles. The van der Waals surface area contributed by atoms with Crippen LogP contribution in [0.15, 0.2) is 53.0 Å². The SMILES string of the molecule is CCN(C)C1C(O)=C(C(N)=O)C(=O)[C@@]2(O)C(O)=C3C(=O)c4c(O)cc(CN5CCc6ccccc6C5)c(Cl)c4C[C@H]3C[C@@H]12. The van der Waals surface area contributed by atoms with E-state index in [4.69, 9.17) is 17.3 Å². The van der Waals surface area contributed by atoms with Gasteiger partial charge in [0.05, 0.1) is 11.6 Å². The van der Waals surface area contributed by atoms with Crippen molar-refractivity contribution in [3.63, 3.8) is 0 Å². The van der Waals surface area contributed by atoms with Gasteiger partial charge in [-0.1, -0.05) is 42.8 Å². The number of nitrogens with two attached hydrogens (primary N) is 1. The molecule has 0 radical (unpaired) electrons. The molecule has 6 rings (SSSR count). The fraction of sp³-hybridized carbons (Fsp3) is 0.406. The minimum absolute atomic E-state index is 0.0160. The molecule has 2 aromatic rings. The molecule has 0 saturated carbocycles. The van der Waals surface area contributed by atoms with Crippen molar-refractivity contribution in [2.45, 2.75) is 50.9 Å². The van der Waals surface area contributed by atoms with Gasteiger partial charge in [0.25, 0.3) is 5.91 Å². The van der Waals surface area contributed by atoms with Crippen LogP contribution in [0.3, 0.4) is 0 Å². The number of primary amides is 1. The highest BCUT2D eigenvalue weighted by Gasteiger charge is 2.63. The quantitative estimate of drug-likeness (QED) is 0.321. The maximum Gasteiger partial charge on any atom is 0.255 e. The highest BCUT2D eigenvalue weighted by Crippen LogP contribution is 2.53. The summed E-state index contributed by atoms with van der Waals surface area (Å²) < 4.78 is 0. The van der Waals surface area contributed by atoms with Crippen molar-refractivity contribution in [3.8, 4) is 5.75 Å². The number of phenols is 1. The van der Waals surface area contributed by atoms with Crippen LogP contribution in [0.5, 0.6) is 5.75 Å². The first-order chi connectivity index (χ1) is 20.4. The van der Waals surface area contributed by atoms with Gasteiger partial charge in [0.15, 0.2) is 11.4 Å². The number of rotatable bonds is 5. The van der Waals surface area contributed by atoms with E-state index in [1.807, 2.05) is 12.1 Å². The second-order valence-corrected chi connectivity index (χ2v) is 12.4. The summed E-state index contributed by atoms with van der Waals surface area (Å²) in [6.45, 7) is 4.14. The number of allylic oxidation sites excluding steroid dienone is 1. The van der Waals surface area contributed by atoms with Gasteiger partial charge < -0.3 is 26.2 Å². The van der Waals surface area contributed by atoms with Gasteiger partial charge in [-0.15, -0.1) is 0 Å². The number of fused-ring (bicyclic) bond motifs is 4.